The van der Waals surface area contributed by atoms with Crippen LogP contribution in [0.1, 0.15) is 25.1 Å². The van der Waals surface area contributed by atoms with E-state index >= 15 is 0 Å². The molecule has 1 atom stereocenters. The van der Waals surface area contributed by atoms with Gasteiger partial charge in [-0.05, 0) is 19.9 Å². The molecule has 1 unspecified atom stereocenters. The summed E-state index contributed by atoms with van der Waals surface area (Å²) < 4.78 is 12.3. The molecule has 2 aromatic rings. The average Bonchev–Trinajstić information content (AvgIpc) is 2.97. The molecule has 1 aromatic carbocycles. The Labute approximate surface area is 145 Å². The quantitative estimate of drug-likeness (QED) is 0.582. The SMILES string of the molecule is CCOC(=O)C(C)Sc1ncc(CO)n1Cc1ccccc1OC. The summed E-state index contributed by atoms with van der Waals surface area (Å²) in [6, 6.07) is 7.69. The number of ether oxygens (including phenoxy) is 2. The third kappa shape index (κ3) is 4.30. The van der Waals surface area contributed by atoms with E-state index in [0.717, 1.165) is 11.3 Å². The molecule has 130 valence electrons. The molecule has 24 heavy (non-hydrogen) atoms. The number of thioether (sulfide) groups is 1. The molecule has 0 saturated heterocycles. The second-order valence-corrected chi connectivity index (χ2v) is 6.41. The zero-order chi connectivity index (χ0) is 17.5. The van der Waals surface area contributed by atoms with Crippen LogP contribution in [0.5, 0.6) is 5.75 Å². The standard InChI is InChI=1S/C17H22N2O4S/c1-4-23-16(21)12(2)24-17-18-9-14(11-20)19(17)10-13-7-5-6-8-15(13)22-3/h5-9,12,20H,4,10-11H2,1-3H3. The van der Waals surface area contributed by atoms with Crippen LogP contribution in [0.3, 0.4) is 0 Å². The summed E-state index contributed by atoms with van der Waals surface area (Å²) in [5.41, 5.74) is 1.65. The summed E-state index contributed by atoms with van der Waals surface area (Å²) in [6.07, 6.45) is 1.62. The van der Waals surface area contributed by atoms with Crippen molar-refractivity contribution in [3.63, 3.8) is 0 Å². The fraction of sp³-hybridized carbons (Fsp3) is 0.412. The topological polar surface area (TPSA) is 73.6 Å². The Morgan fingerprint density at radius 1 is 1.42 bits per heavy atom. The number of aliphatic hydroxyl groups is 1. The molecular formula is C17H22N2O4S. The number of hydrogen-bond acceptors (Lipinski definition) is 6. The van der Waals surface area contributed by atoms with Crippen LogP contribution in [0, 0.1) is 0 Å². The van der Waals surface area contributed by atoms with Gasteiger partial charge in [0.1, 0.15) is 11.0 Å². The van der Waals surface area contributed by atoms with E-state index in [9.17, 15) is 9.90 Å². The number of carbonyl (C=O) groups excluding carboxylic acids is 1. The summed E-state index contributed by atoms with van der Waals surface area (Å²) in [6.45, 7) is 4.28. The van der Waals surface area contributed by atoms with E-state index in [4.69, 9.17) is 9.47 Å². The van der Waals surface area contributed by atoms with Crippen LogP contribution in [0.15, 0.2) is 35.6 Å². The highest BCUT2D eigenvalue weighted by atomic mass is 32.2. The number of rotatable bonds is 8. The predicted molar refractivity (Wildman–Crippen MR) is 92.2 cm³/mol. The number of nitrogens with zero attached hydrogens (tertiary/aromatic N) is 2. The molecule has 0 radical (unpaired) electrons. The summed E-state index contributed by atoms with van der Waals surface area (Å²) in [5.74, 6) is 0.490. The van der Waals surface area contributed by atoms with Gasteiger partial charge >= 0.3 is 5.97 Å². The van der Waals surface area contributed by atoms with Crippen LogP contribution in [0.25, 0.3) is 0 Å². The van der Waals surface area contributed by atoms with Crippen molar-refractivity contribution in [3.05, 3.63) is 41.7 Å². The monoisotopic (exact) mass is 350 g/mol. The Kier molecular flexibility index (Phi) is 6.69. The highest BCUT2D eigenvalue weighted by Crippen LogP contribution is 2.27. The number of methoxy groups -OCH3 is 1. The van der Waals surface area contributed by atoms with Gasteiger partial charge in [0.05, 0.1) is 38.8 Å². The number of imidazole rings is 1. The smallest absolute Gasteiger partial charge is 0.319 e. The Balaban J connectivity index is 2.25. The Morgan fingerprint density at radius 3 is 2.83 bits per heavy atom. The molecule has 0 saturated carbocycles. The fourth-order valence-corrected chi connectivity index (χ4v) is 3.15. The van der Waals surface area contributed by atoms with E-state index in [2.05, 4.69) is 4.98 Å². The van der Waals surface area contributed by atoms with E-state index < -0.39 is 0 Å². The number of hydrogen-bond donors (Lipinski definition) is 1. The first kappa shape index (κ1) is 18.4. The maximum Gasteiger partial charge on any atom is 0.319 e. The lowest BCUT2D eigenvalue weighted by Crippen LogP contribution is -2.18. The van der Waals surface area contributed by atoms with E-state index in [1.54, 1.807) is 27.2 Å². The van der Waals surface area contributed by atoms with Crippen molar-refractivity contribution in [2.24, 2.45) is 0 Å². The second-order valence-electron chi connectivity index (χ2n) is 5.10. The molecule has 0 bridgehead atoms. The van der Waals surface area contributed by atoms with Crippen molar-refractivity contribution < 1.29 is 19.4 Å². The summed E-state index contributed by atoms with van der Waals surface area (Å²) in [7, 11) is 1.62. The van der Waals surface area contributed by atoms with Crippen molar-refractivity contribution in [3.8, 4) is 5.75 Å². The number of carbonyl (C=O) groups is 1. The first-order valence-electron chi connectivity index (χ1n) is 7.71. The van der Waals surface area contributed by atoms with Crippen molar-refractivity contribution in [1.82, 2.24) is 9.55 Å². The Hall–Kier alpha value is -1.99. The van der Waals surface area contributed by atoms with Gasteiger partial charge in [-0.1, -0.05) is 30.0 Å². The van der Waals surface area contributed by atoms with Crippen molar-refractivity contribution in [2.45, 2.75) is 37.4 Å². The normalized spacial score (nSPS) is 12.0. The minimum atomic E-state index is -0.379. The molecule has 1 aromatic heterocycles. The molecule has 0 aliphatic heterocycles. The van der Waals surface area contributed by atoms with E-state index in [1.165, 1.54) is 11.8 Å². The van der Waals surface area contributed by atoms with Gasteiger partial charge < -0.3 is 19.1 Å². The molecule has 0 aliphatic carbocycles. The van der Waals surface area contributed by atoms with Gasteiger partial charge in [0.2, 0.25) is 0 Å². The number of aliphatic hydroxyl groups excluding tert-OH is 1. The lowest BCUT2D eigenvalue weighted by Gasteiger charge is -2.15. The first-order valence-corrected chi connectivity index (χ1v) is 8.59. The molecule has 0 spiro atoms. The minimum Gasteiger partial charge on any atom is -0.496 e. The minimum absolute atomic E-state index is 0.128. The van der Waals surface area contributed by atoms with Crippen LogP contribution < -0.4 is 4.74 Å². The molecule has 1 N–H and O–H groups in total. The Bertz CT molecular complexity index is 687. The van der Waals surface area contributed by atoms with E-state index in [1.807, 2.05) is 28.8 Å². The zero-order valence-electron chi connectivity index (χ0n) is 14.1. The summed E-state index contributed by atoms with van der Waals surface area (Å²) in [5, 5.41) is 9.85. The zero-order valence-corrected chi connectivity index (χ0v) is 14.9. The highest BCUT2D eigenvalue weighted by Gasteiger charge is 2.20. The third-order valence-corrected chi connectivity index (χ3v) is 4.57. The molecule has 7 heteroatoms. The molecule has 1 heterocycles. The molecule has 0 aliphatic rings. The van der Waals surface area contributed by atoms with Gasteiger partial charge in [-0.25, -0.2) is 4.98 Å². The van der Waals surface area contributed by atoms with Crippen molar-refractivity contribution in [1.29, 1.82) is 0 Å². The van der Waals surface area contributed by atoms with Crippen LogP contribution in [-0.2, 0) is 22.7 Å². The number of para-hydroxylation sites is 1. The lowest BCUT2D eigenvalue weighted by molar-refractivity contribution is -0.142. The number of aromatic nitrogens is 2. The fourth-order valence-electron chi connectivity index (χ4n) is 2.25. The van der Waals surface area contributed by atoms with Crippen molar-refractivity contribution >= 4 is 17.7 Å². The molecule has 0 amide bonds. The maximum atomic E-state index is 11.8. The number of benzene rings is 1. The number of esters is 1. The predicted octanol–water partition coefficient (Wildman–Crippen LogP) is 2.48. The molecular weight excluding hydrogens is 328 g/mol. The van der Waals surface area contributed by atoms with Crippen LogP contribution >= 0.6 is 11.8 Å². The summed E-state index contributed by atoms with van der Waals surface area (Å²) in [4.78, 5) is 16.2. The van der Waals surface area contributed by atoms with Gasteiger partial charge in [0.25, 0.3) is 0 Å². The third-order valence-electron chi connectivity index (χ3n) is 3.49. The van der Waals surface area contributed by atoms with Crippen molar-refractivity contribution in [2.75, 3.05) is 13.7 Å². The largest absolute Gasteiger partial charge is 0.496 e. The van der Waals surface area contributed by atoms with E-state index in [-0.39, 0.29) is 17.8 Å². The second kappa shape index (κ2) is 8.75. The van der Waals surface area contributed by atoms with Gasteiger partial charge in [-0.2, -0.15) is 0 Å². The van der Waals surface area contributed by atoms with Gasteiger partial charge in [-0.3, -0.25) is 4.79 Å². The first-order chi connectivity index (χ1) is 11.6. The van der Waals surface area contributed by atoms with Gasteiger partial charge in [0, 0.05) is 5.56 Å². The average molecular weight is 350 g/mol. The molecule has 2 rings (SSSR count). The van der Waals surface area contributed by atoms with E-state index in [0.29, 0.717) is 24.0 Å². The molecule has 6 nitrogen and oxygen atoms in total. The molecule has 0 fully saturated rings. The van der Waals surface area contributed by atoms with Crippen LogP contribution in [0.2, 0.25) is 0 Å². The summed E-state index contributed by atoms with van der Waals surface area (Å²) >= 11 is 1.31. The van der Waals surface area contributed by atoms with Gasteiger partial charge in [0.15, 0.2) is 5.16 Å². The highest BCUT2D eigenvalue weighted by molar-refractivity contribution is 8.00. The Morgan fingerprint density at radius 2 is 2.17 bits per heavy atom. The lowest BCUT2D eigenvalue weighted by atomic mass is 10.2. The maximum absolute atomic E-state index is 11.8. The van der Waals surface area contributed by atoms with Crippen LogP contribution in [-0.4, -0.2) is 39.6 Å². The van der Waals surface area contributed by atoms with Gasteiger partial charge in [-0.15, -0.1) is 0 Å². The van der Waals surface area contributed by atoms with Crippen LogP contribution in [0.4, 0.5) is 0 Å².